The molecule has 1 amide bonds. The number of aromatic nitrogens is 1. The maximum atomic E-state index is 12.1. The summed E-state index contributed by atoms with van der Waals surface area (Å²) in [6.07, 6.45) is 11.5. The summed E-state index contributed by atoms with van der Waals surface area (Å²) in [5, 5.41) is 3.13. The van der Waals surface area contributed by atoms with Crippen molar-refractivity contribution in [2.24, 2.45) is 5.92 Å². The van der Waals surface area contributed by atoms with Gasteiger partial charge in [0.2, 0.25) is 5.91 Å². The highest BCUT2D eigenvalue weighted by atomic mass is 16.5. The molecule has 3 rings (SSSR count). The molecule has 0 aromatic carbocycles. The van der Waals surface area contributed by atoms with Crippen LogP contribution in [-0.2, 0) is 9.53 Å². The fourth-order valence-corrected chi connectivity index (χ4v) is 2.98. The van der Waals surface area contributed by atoms with Gasteiger partial charge in [-0.15, -0.1) is 0 Å². The van der Waals surface area contributed by atoms with Gasteiger partial charge in [0.05, 0.1) is 6.04 Å². The van der Waals surface area contributed by atoms with E-state index in [0.29, 0.717) is 18.9 Å². The molecule has 4 heteroatoms. The number of allylic oxidation sites excluding steroid dienone is 2. The molecule has 3 atom stereocenters. The molecular weight excluding hydrogens is 252 g/mol. The van der Waals surface area contributed by atoms with Crippen LogP contribution in [-0.4, -0.2) is 23.5 Å². The average molecular weight is 272 g/mol. The molecule has 0 saturated carbocycles. The maximum absolute atomic E-state index is 12.1. The summed E-state index contributed by atoms with van der Waals surface area (Å²) in [7, 11) is 0. The van der Waals surface area contributed by atoms with Gasteiger partial charge < -0.3 is 10.1 Å². The number of amides is 1. The van der Waals surface area contributed by atoms with Crippen molar-refractivity contribution in [1.29, 1.82) is 0 Å². The van der Waals surface area contributed by atoms with Crippen molar-refractivity contribution in [2.75, 3.05) is 6.61 Å². The molecule has 0 radical (unpaired) electrons. The number of carbonyl (C=O) groups excluding carboxylic acids is 1. The summed E-state index contributed by atoms with van der Waals surface area (Å²) in [5.41, 5.74) is 1.04. The van der Waals surface area contributed by atoms with Gasteiger partial charge in [-0.3, -0.25) is 9.78 Å². The molecule has 1 aliphatic heterocycles. The van der Waals surface area contributed by atoms with Gasteiger partial charge in [0.25, 0.3) is 0 Å². The van der Waals surface area contributed by atoms with Gasteiger partial charge in [0.1, 0.15) is 6.10 Å². The molecule has 1 unspecified atom stereocenters. The fraction of sp³-hybridized carbons (Fsp3) is 0.500. The van der Waals surface area contributed by atoms with Crippen LogP contribution < -0.4 is 5.32 Å². The SMILES string of the molecule is O=C(CC1C=CCC1)N[C@H]1CCO[C@@H]1c1cccnc1. The first-order chi connectivity index (χ1) is 9.83. The average Bonchev–Trinajstić information content (AvgIpc) is 3.11. The third-order valence-electron chi connectivity index (χ3n) is 4.01. The molecule has 20 heavy (non-hydrogen) atoms. The molecule has 1 aliphatic carbocycles. The van der Waals surface area contributed by atoms with Crippen LogP contribution in [0.4, 0.5) is 0 Å². The number of ether oxygens (including phenoxy) is 1. The zero-order valence-electron chi connectivity index (χ0n) is 11.5. The highest BCUT2D eigenvalue weighted by molar-refractivity contribution is 5.77. The Morgan fingerprint density at radius 2 is 2.40 bits per heavy atom. The predicted octanol–water partition coefficient (Wildman–Crippen LogP) is 2.38. The van der Waals surface area contributed by atoms with Crippen LogP contribution in [0.2, 0.25) is 0 Å². The smallest absolute Gasteiger partial charge is 0.220 e. The van der Waals surface area contributed by atoms with Gasteiger partial charge in [0.15, 0.2) is 0 Å². The summed E-state index contributed by atoms with van der Waals surface area (Å²) in [5.74, 6) is 0.542. The van der Waals surface area contributed by atoms with E-state index in [-0.39, 0.29) is 18.1 Å². The van der Waals surface area contributed by atoms with Crippen molar-refractivity contribution < 1.29 is 9.53 Å². The Balaban J connectivity index is 1.58. The van der Waals surface area contributed by atoms with E-state index in [0.717, 1.165) is 24.8 Å². The maximum Gasteiger partial charge on any atom is 0.220 e. The molecule has 4 nitrogen and oxygen atoms in total. The van der Waals surface area contributed by atoms with Crippen molar-refractivity contribution in [3.8, 4) is 0 Å². The van der Waals surface area contributed by atoms with Gasteiger partial charge in [-0.25, -0.2) is 0 Å². The Morgan fingerprint density at radius 3 is 3.15 bits per heavy atom. The van der Waals surface area contributed by atoms with Crippen molar-refractivity contribution in [1.82, 2.24) is 10.3 Å². The molecule has 1 aromatic rings. The van der Waals surface area contributed by atoms with E-state index in [1.165, 1.54) is 0 Å². The number of nitrogens with zero attached hydrogens (tertiary/aromatic N) is 1. The first-order valence-electron chi connectivity index (χ1n) is 7.30. The quantitative estimate of drug-likeness (QED) is 0.856. The van der Waals surface area contributed by atoms with Gasteiger partial charge >= 0.3 is 0 Å². The van der Waals surface area contributed by atoms with E-state index in [1.807, 2.05) is 18.3 Å². The molecule has 1 fully saturated rings. The molecule has 1 N–H and O–H groups in total. The lowest BCUT2D eigenvalue weighted by molar-refractivity contribution is -0.122. The molecular formula is C16H20N2O2. The number of nitrogens with one attached hydrogen (secondary N) is 1. The van der Waals surface area contributed by atoms with Gasteiger partial charge in [0, 0.05) is 31.0 Å². The lowest BCUT2D eigenvalue weighted by Crippen LogP contribution is -2.37. The Morgan fingerprint density at radius 1 is 1.45 bits per heavy atom. The standard InChI is InChI=1S/C16H20N2O2/c19-15(10-12-4-1-2-5-12)18-14-7-9-20-16(14)13-6-3-8-17-11-13/h1,3-4,6,8,11-12,14,16H,2,5,7,9-10H2,(H,18,19)/t12?,14-,16+/m0/s1. The number of pyridine rings is 1. The highest BCUT2D eigenvalue weighted by Gasteiger charge is 2.31. The molecule has 1 aromatic heterocycles. The van der Waals surface area contributed by atoms with Crippen LogP contribution in [0.5, 0.6) is 0 Å². The minimum atomic E-state index is -0.0632. The van der Waals surface area contributed by atoms with Crippen LogP contribution in [0.25, 0.3) is 0 Å². The minimum Gasteiger partial charge on any atom is -0.371 e. The summed E-state index contributed by atoms with van der Waals surface area (Å²) >= 11 is 0. The van der Waals surface area contributed by atoms with E-state index in [4.69, 9.17) is 4.74 Å². The number of hydrogen-bond acceptors (Lipinski definition) is 3. The van der Waals surface area contributed by atoms with Crippen LogP contribution in [0.15, 0.2) is 36.7 Å². The molecule has 1 saturated heterocycles. The van der Waals surface area contributed by atoms with Crippen LogP contribution in [0.1, 0.15) is 37.4 Å². The highest BCUT2D eigenvalue weighted by Crippen LogP contribution is 2.29. The Hall–Kier alpha value is -1.68. The van der Waals surface area contributed by atoms with E-state index < -0.39 is 0 Å². The van der Waals surface area contributed by atoms with Crippen molar-refractivity contribution in [2.45, 2.75) is 37.8 Å². The molecule has 2 heterocycles. The Kier molecular flexibility index (Phi) is 4.11. The number of rotatable bonds is 4. The normalized spacial score (nSPS) is 28.7. The summed E-state index contributed by atoms with van der Waals surface area (Å²) in [6, 6.07) is 3.97. The van der Waals surface area contributed by atoms with Crippen molar-refractivity contribution >= 4 is 5.91 Å². The second-order valence-electron chi connectivity index (χ2n) is 5.51. The number of hydrogen-bond donors (Lipinski definition) is 1. The van der Waals surface area contributed by atoms with E-state index in [9.17, 15) is 4.79 Å². The summed E-state index contributed by atoms with van der Waals surface area (Å²) < 4.78 is 5.75. The molecule has 0 spiro atoms. The number of carbonyl (C=O) groups is 1. The van der Waals surface area contributed by atoms with E-state index in [1.54, 1.807) is 6.20 Å². The van der Waals surface area contributed by atoms with E-state index >= 15 is 0 Å². The third-order valence-corrected chi connectivity index (χ3v) is 4.01. The Bertz CT molecular complexity index is 487. The Labute approximate surface area is 119 Å². The predicted molar refractivity (Wildman–Crippen MR) is 76.0 cm³/mol. The van der Waals surface area contributed by atoms with Gasteiger partial charge in [-0.1, -0.05) is 18.2 Å². The van der Waals surface area contributed by atoms with Gasteiger partial charge in [-0.05, 0) is 31.2 Å². The van der Waals surface area contributed by atoms with E-state index in [2.05, 4.69) is 22.5 Å². The third kappa shape index (κ3) is 3.07. The van der Waals surface area contributed by atoms with Gasteiger partial charge in [-0.2, -0.15) is 0 Å². The fourth-order valence-electron chi connectivity index (χ4n) is 2.98. The molecule has 2 aliphatic rings. The van der Waals surface area contributed by atoms with Crippen molar-refractivity contribution in [3.63, 3.8) is 0 Å². The second-order valence-corrected chi connectivity index (χ2v) is 5.51. The lowest BCUT2D eigenvalue weighted by Gasteiger charge is -2.20. The molecule has 106 valence electrons. The topological polar surface area (TPSA) is 51.2 Å². The largest absolute Gasteiger partial charge is 0.371 e. The van der Waals surface area contributed by atoms with Crippen LogP contribution in [0.3, 0.4) is 0 Å². The minimum absolute atomic E-state index is 0.0632. The zero-order valence-corrected chi connectivity index (χ0v) is 11.5. The first-order valence-corrected chi connectivity index (χ1v) is 7.30. The zero-order chi connectivity index (χ0) is 13.8. The monoisotopic (exact) mass is 272 g/mol. The van der Waals surface area contributed by atoms with Crippen LogP contribution in [0, 0.1) is 5.92 Å². The first kappa shape index (κ1) is 13.3. The molecule has 0 bridgehead atoms. The summed E-state index contributed by atoms with van der Waals surface area (Å²) in [6.45, 7) is 0.688. The lowest BCUT2D eigenvalue weighted by atomic mass is 10.0. The second kappa shape index (κ2) is 6.18. The van der Waals surface area contributed by atoms with Crippen LogP contribution >= 0.6 is 0 Å². The van der Waals surface area contributed by atoms with Crippen molar-refractivity contribution in [3.05, 3.63) is 42.2 Å². The summed E-state index contributed by atoms with van der Waals surface area (Å²) in [4.78, 5) is 16.2.